The van der Waals surface area contributed by atoms with Crippen LogP contribution >= 0.6 is 27.5 Å². The zero-order valence-corrected chi connectivity index (χ0v) is 11.2. The van der Waals surface area contributed by atoms with Gasteiger partial charge in [-0.15, -0.1) is 11.6 Å². The van der Waals surface area contributed by atoms with Gasteiger partial charge in [0, 0.05) is 23.1 Å². The SMILES string of the molecule is CCN(Cc1cc(Br)ccc1F)C(=O)CCl. The molecule has 0 unspecified atom stereocenters. The third-order valence-corrected chi connectivity index (χ3v) is 2.94. The lowest BCUT2D eigenvalue weighted by molar-refractivity contribution is -0.128. The molecule has 1 amide bonds. The molecule has 0 spiro atoms. The van der Waals surface area contributed by atoms with Gasteiger partial charge in [-0.2, -0.15) is 0 Å². The highest BCUT2D eigenvalue weighted by Crippen LogP contribution is 2.17. The molecule has 0 N–H and O–H groups in total. The Morgan fingerprint density at radius 1 is 1.56 bits per heavy atom. The summed E-state index contributed by atoms with van der Waals surface area (Å²) < 4.78 is 14.2. The van der Waals surface area contributed by atoms with E-state index in [4.69, 9.17) is 11.6 Å². The predicted molar refractivity (Wildman–Crippen MR) is 65.9 cm³/mol. The van der Waals surface area contributed by atoms with Gasteiger partial charge in [0.1, 0.15) is 11.7 Å². The van der Waals surface area contributed by atoms with Crippen molar-refractivity contribution in [3.8, 4) is 0 Å². The molecule has 1 aromatic carbocycles. The van der Waals surface area contributed by atoms with Crippen LogP contribution in [0.25, 0.3) is 0 Å². The Morgan fingerprint density at radius 2 is 2.25 bits per heavy atom. The van der Waals surface area contributed by atoms with Gasteiger partial charge >= 0.3 is 0 Å². The van der Waals surface area contributed by atoms with Gasteiger partial charge in [-0.3, -0.25) is 4.79 Å². The smallest absolute Gasteiger partial charge is 0.237 e. The molecule has 16 heavy (non-hydrogen) atoms. The summed E-state index contributed by atoms with van der Waals surface area (Å²) >= 11 is 8.73. The molecular weight excluding hydrogens is 296 g/mol. The lowest BCUT2D eigenvalue weighted by Crippen LogP contribution is -2.31. The molecule has 88 valence electrons. The number of amides is 1. The third kappa shape index (κ3) is 3.46. The van der Waals surface area contributed by atoms with E-state index in [9.17, 15) is 9.18 Å². The quantitative estimate of drug-likeness (QED) is 0.782. The maximum absolute atomic E-state index is 13.4. The van der Waals surface area contributed by atoms with Crippen LogP contribution in [-0.2, 0) is 11.3 Å². The van der Waals surface area contributed by atoms with Crippen molar-refractivity contribution in [2.75, 3.05) is 12.4 Å². The summed E-state index contributed by atoms with van der Waals surface area (Å²) in [6.45, 7) is 2.59. The highest BCUT2D eigenvalue weighted by Gasteiger charge is 2.13. The molecular formula is C11H12BrClFNO. The van der Waals surface area contributed by atoms with Crippen molar-refractivity contribution in [3.05, 3.63) is 34.1 Å². The first-order valence-corrected chi connectivity index (χ1v) is 6.19. The Hall–Kier alpha value is -0.610. The van der Waals surface area contributed by atoms with E-state index in [2.05, 4.69) is 15.9 Å². The number of rotatable bonds is 4. The van der Waals surface area contributed by atoms with E-state index in [1.807, 2.05) is 6.92 Å². The van der Waals surface area contributed by atoms with Crippen molar-refractivity contribution in [2.45, 2.75) is 13.5 Å². The summed E-state index contributed by atoms with van der Waals surface area (Å²) in [7, 11) is 0. The van der Waals surface area contributed by atoms with Crippen molar-refractivity contribution in [2.24, 2.45) is 0 Å². The van der Waals surface area contributed by atoms with Gasteiger partial charge in [0.15, 0.2) is 0 Å². The Morgan fingerprint density at radius 3 is 2.81 bits per heavy atom. The van der Waals surface area contributed by atoms with Crippen LogP contribution in [0.3, 0.4) is 0 Å². The number of carbonyl (C=O) groups excluding carboxylic acids is 1. The lowest BCUT2D eigenvalue weighted by Gasteiger charge is -2.20. The topological polar surface area (TPSA) is 20.3 Å². The molecule has 1 rings (SSSR count). The molecule has 0 bridgehead atoms. The van der Waals surface area contributed by atoms with Crippen LogP contribution < -0.4 is 0 Å². The molecule has 0 aromatic heterocycles. The minimum Gasteiger partial charge on any atom is -0.338 e. The van der Waals surface area contributed by atoms with Gasteiger partial charge in [-0.05, 0) is 25.1 Å². The van der Waals surface area contributed by atoms with Crippen LogP contribution in [0.15, 0.2) is 22.7 Å². The number of carbonyl (C=O) groups is 1. The van der Waals surface area contributed by atoms with Gasteiger partial charge in [-0.1, -0.05) is 15.9 Å². The highest BCUT2D eigenvalue weighted by molar-refractivity contribution is 9.10. The summed E-state index contributed by atoms with van der Waals surface area (Å²) in [6.07, 6.45) is 0. The van der Waals surface area contributed by atoms with Crippen LogP contribution in [0.2, 0.25) is 0 Å². The maximum atomic E-state index is 13.4. The van der Waals surface area contributed by atoms with Gasteiger partial charge in [-0.25, -0.2) is 4.39 Å². The summed E-state index contributed by atoms with van der Waals surface area (Å²) in [5, 5.41) is 0. The van der Waals surface area contributed by atoms with Gasteiger partial charge in [0.25, 0.3) is 0 Å². The monoisotopic (exact) mass is 307 g/mol. The standard InChI is InChI=1S/C11H12BrClFNO/c1-2-15(11(16)6-13)7-8-5-9(12)3-4-10(8)14/h3-5H,2,6-7H2,1H3. The zero-order chi connectivity index (χ0) is 12.1. The Kier molecular flexibility index (Phi) is 5.22. The summed E-state index contributed by atoms with van der Waals surface area (Å²) in [5.41, 5.74) is 0.481. The van der Waals surface area contributed by atoms with E-state index in [0.717, 1.165) is 4.47 Å². The normalized spacial score (nSPS) is 10.2. The average molecular weight is 309 g/mol. The van der Waals surface area contributed by atoms with E-state index in [-0.39, 0.29) is 24.1 Å². The molecule has 1 aromatic rings. The van der Waals surface area contributed by atoms with E-state index in [0.29, 0.717) is 12.1 Å². The molecule has 5 heteroatoms. The first-order valence-electron chi connectivity index (χ1n) is 4.86. The largest absolute Gasteiger partial charge is 0.338 e. The molecule has 2 nitrogen and oxygen atoms in total. The minimum atomic E-state index is -0.316. The second-order valence-electron chi connectivity index (χ2n) is 3.28. The maximum Gasteiger partial charge on any atom is 0.237 e. The first kappa shape index (κ1) is 13.5. The molecule has 0 aliphatic rings. The second-order valence-corrected chi connectivity index (χ2v) is 4.46. The number of hydrogen-bond acceptors (Lipinski definition) is 1. The Labute approximate surface area is 108 Å². The number of benzene rings is 1. The minimum absolute atomic E-state index is 0.0799. The van der Waals surface area contributed by atoms with E-state index < -0.39 is 0 Å². The Balaban J connectivity index is 2.85. The number of alkyl halides is 1. The van der Waals surface area contributed by atoms with Crippen molar-refractivity contribution in [3.63, 3.8) is 0 Å². The van der Waals surface area contributed by atoms with Gasteiger partial charge in [0.05, 0.1) is 0 Å². The van der Waals surface area contributed by atoms with Crippen LogP contribution in [-0.4, -0.2) is 23.2 Å². The number of hydrogen-bond donors (Lipinski definition) is 0. The molecule has 0 saturated heterocycles. The van der Waals surface area contributed by atoms with Crippen molar-refractivity contribution < 1.29 is 9.18 Å². The summed E-state index contributed by atoms with van der Waals surface area (Å²) in [4.78, 5) is 12.9. The second kappa shape index (κ2) is 6.21. The predicted octanol–water partition coefficient (Wildman–Crippen LogP) is 3.18. The fourth-order valence-corrected chi connectivity index (χ4v) is 1.91. The van der Waals surface area contributed by atoms with Gasteiger partial charge in [0.2, 0.25) is 5.91 Å². The lowest BCUT2D eigenvalue weighted by atomic mass is 10.2. The van der Waals surface area contributed by atoms with Crippen molar-refractivity contribution in [1.82, 2.24) is 4.90 Å². The third-order valence-electron chi connectivity index (χ3n) is 2.22. The fraction of sp³-hybridized carbons (Fsp3) is 0.364. The number of nitrogens with zero attached hydrogens (tertiary/aromatic N) is 1. The van der Waals surface area contributed by atoms with Crippen molar-refractivity contribution >= 4 is 33.4 Å². The molecule has 0 radical (unpaired) electrons. The Bertz CT molecular complexity index is 386. The molecule has 0 fully saturated rings. The van der Waals surface area contributed by atoms with Crippen LogP contribution in [0, 0.1) is 5.82 Å². The van der Waals surface area contributed by atoms with E-state index in [1.165, 1.54) is 11.0 Å². The summed E-state index contributed by atoms with van der Waals surface area (Å²) in [6, 6.07) is 4.66. The van der Waals surface area contributed by atoms with E-state index in [1.54, 1.807) is 12.1 Å². The van der Waals surface area contributed by atoms with Crippen LogP contribution in [0.4, 0.5) is 4.39 Å². The fourth-order valence-electron chi connectivity index (χ4n) is 1.33. The molecule has 0 aliphatic heterocycles. The van der Waals surface area contributed by atoms with Crippen molar-refractivity contribution in [1.29, 1.82) is 0 Å². The molecule has 0 heterocycles. The summed E-state index contributed by atoms with van der Waals surface area (Å²) in [5.74, 6) is -0.587. The average Bonchev–Trinajstić information content (AvgIpc) is 2.29. The molecule has 0 atom stereocenters. The molecule has 0 aliphatic carbocycles. The zero-order valence-electron chi connectivity index (χ0n) is 8.84. The van der Waals surface area contributed by atoms with Crippen LogP contribution in [0.1, 0.15) is 12.5 Å². The number of halogens is 3. The molecule has 0 saturated carbocycles. The van der Waals surface area contributed by atoms with Gasteiger partial charge < -0.3 is 4.90 Å². The highest BCUT2D eigenvalue weighted by atomic mass is 79.9. The van der Waals surface area contributed by atoms with Crippen LogP contribution in [0.5, 0.6) is 0 Å². The van der Waals surface area contributed by atoms with E-state index >= 15 is 0 Å². The first-order chi connectivity index (χ1) is 7.58.